The molecule has 0 aliphatic carbocycles. The van der Waals surface area contributed by atoms with Crippen LogP contribution in [0.3, 0.4) is 0 Å². The molecule has 0 radical (unpaired) electrons. The third-order valence-corrected chi connectivity index (χ3v) is 3.95. The van der Waals surface area contributed by atoms with Gasteiger partial charge in [0.2, 0.25) is 11.8 Å². The maximum atomic E-state index is 12.6. The second-order valence-corrected chi connectivity index (χ2v) is 5.72. The van der Waals surface area contributed by atoms with Gasteiger partial charge in [0.25, 0.3) is 0 Å². The van der Waals surface area contributed by atoms with Crippen molar-refractivity contribution in [3.05, 3.63) is 35.9 Å². The Morgan fingerprint density at radius 3 is 2.68 bits per heavy atom. The van der Waals surface area contributed by atoms with E-state index in [1.165, 1.54) is 0 Å². The van der Waals surface area contributed by atoms with E-state index in [4.69, 9.17) is 5.73 Å². The fraction of sp³-hybridized carbons (Fsp3) is 0.529. The number of carbonyl (C=O) groups excluding carboxylic acids is 2. The van der Waals surface area contributed by atoms with Crippen LogP contribution in [0.5, 0.6) is 0 Å². The van der Waals surface area contributed by atoms with Crippen molar-refractivity contribution in [2.45, 2.75) is 32.2 Å². The Bertz CT molecular complexity index is 490. The molecule has 0 unspecified atom stereocenters. The second kappa shape index (κ2) is 8.54. The van der Waals surface area contributed by atoms with E-state index in [1.54, 1.807) is 4.90 Å². The van der Waals surface area contributed by atoms with Crippen molar-refractivity contribution in [1.29, 1.82) is 0 Å². The Balaban J connectivity index is 1.97. The summed E-state index contributed by atoms with van der Waals surface area (Å²) in [6.07, 6.45) is 3.26. The molecule has 5 nitrogen and oxygen atoms in total. The summed E-state index contributed by atoms with van der Waals surface area (Å²) in [5.41, 5.74) is 6.67. The van der Waals surface area contributed by atoms with Crippen LogP contribution in [0.25, 0.3) is 0 Å². The zero-order valence-electron chi connectivity index (χ0n) is 13.0. The summed E-state index contributed by atoms with van der Waals surface area (Å²) in [4.78, 5) is 27.9. The first-order valence-corrected chi connectivity index (χ1v) is 8.00. The van der Waals surface area contributed by atoms with Gasteiger partial charge in [0.15, 0.2) is 0 Å². The van der Waals surface area contributed by atoms with Gasteiger partial charge in [0.05, 0.1) is 6.54 Å². The number of amides is 2. The minimum atomic E-state index is 0.00699. The molecule has 1 fully saturated rings. The number of rotatable bonds is 7. The van der Waals surface area contributed by atoms with E-state index >= 15 is 0 Å². The molecule has 1 aromatic carbocycles. The lowest BCUT2D eigenvalue weighted by Crippen LogP contribution is -2.45. The van der Waals surface area contributed by atoms with Crippen molar-refractivity contribution in [3.63, 3.8) is 0 Å². The molecule has 1 heterocycles. The lowest BCUT2D eigenvalue weighted by Gasteiger charge is -2.30. The number of hydrogen-bond acceptors (Lipinski definition) is 3. The zero-order valence-corrected chi connectivity index (χ0v) is 13.0. The molecule has 0 spiro atoms. The van der Waals surface area contributed by atoms with Crippen molar-refractivity contribution >= 4 is 11.8 Å². The number of benzene rings is 1. The molecule has 0 bridgehead atoms. The molecule has 22 heavy (non-hydrogen) atoms. The Labute approximate surface area is 132 Å². The highest BCUT2D eigenvalue weighted by atomic mass is 16.2. The van der Waals surface area contributed by atoms with Gasteiger partial charge in [-0.1, -0.05) is 30.3 Å². The van der Waals surface area contributed by atoms with Gasteiger partial charge < -0.3 is 15.5 Å². The third-order valence-electron chi connectivity index (χ3n) is 3.95. The Kier molecular flexibility index (Phi) is 6.40. The van der Waals surface area contributed by atoms with E-state index in [2.05, 4.69) is 0 Å². The van der Waals surface area contributed by atoms with Crippen LogP contribution in [0.4, 0.5) is 0 Å². The summed E-state index contributed by atoms with van der Waals surface area (Å²) in [5, 5.41) is 0. The van der Waals surface area contributed by atoms with Crippen LogP contribution >= 0.6 is 0 Å². The Morgan fingerprint density at radius 1 is 1.23 bits per heavy atom. The highest BCUT2D eigenvalue weighted by molar-refractivity contribution is 5.85. The fourth-order valence-corrected chi connectivity index (χ4v) is 2.67. The summed E-state index contributed by atoms with van der Waals surface area (Å²) in [7, 11) is 0. The molecule has 1 aliphatic heterocycles. The van der Waals surface area contributed by atoms with Crippen LogP contribution < -0.4 is 5.73 Å². The van der Waals surface area contributed by atoms with E-state index in [1.807, 2.05) is 35.2 Å². The topological polar surface area (TPSA) is 66.6 Å². The first-order chi connectivity index (χ1) is 10.7. The predicted octanol–water partition coefficient (Wildman–Crippen LogP) is 1.38. The maximum Gasteiger partial charge on any atom is 0.242 e. The SMILES string of the molecule is NCCCN(Cc1ccccc1)C(=O)CN1CCCCC1=O. The molecule has 1 aliphatic rings. The first kappa shape index (κ1) is 16.5. The monoisotopic (exact) mass is 303 g/mol. The molecule has 2 rings (SSSR count). The highest BCUT2D eigenvalue weighted by Gasteiger charge is 2.23. The highest BCUT2D eigenvalue weighted by Crippen LogP contribution is 2.12. The molecule has 0 saturated carbocycles. The van der Waals surface area contributed by atoms with Crippen LogP contribution in [0.15, 0.2) is 30.3 Å². The summed E-state index contributed by atoms with van der Waals surface area (Å²) < 4.78 is 0. The number of likely N-dealkylation sites (tertiary alicyclic amines) is 1. The van der Waals surface area contributed by atoms with E-state index in [9.17, 15) is 9.59 Å². The van der Waals surface area contributed by atoms with Gasteiger partial charge in [-0.3, -0.25) is 9.59 Å². The molecule has 2 amide bonds. The summed E-state index contributed by atoms with van der Waals surface area (Å²) in [5.74, 6) is 0.102. The van der Waals surface area contributed by atoms with E-state index in [-0.39, 0.29) is 18.4 Å². The van der Waals surface area contributed by atoms with Crippen molar-refractivity contribution in [1.82, 2.24) is 9.80 Å². The van der Waals surface area contributed by atoms with Crippen LogP contribution in [0, 0.1) is 0 Å². The van der Waals surface area contributed by atoms with Gasteiger partial charge in [-0.15, -0.1) is 0 Å². The average Bonchev–Trinajstić information content (AvgIpc) is 2.54. The van der Waals surface area contributed by atoms with Crippen LogP contribution in [-0.4, -0.2) is 47.8 Å². The van der Waals surface area contributed by atoms with Crippen molar-refractivity contribution in [2.75, 3.05) is 26.2 Å². The van der Waals surface area contributed by atoms with Crippen molar-refractivity contribution in [2.24, 2.45) is 5.73 Å². The standard InChI is InChI=1S/C17H25N3O2/c18-10-6-12-19(13-15-7-2-1-3-8-15)17(22)14-20-11-5-4-9-16(20)21/h1-3,7-8H,4-6,9-14,18H2. The Morgan fingerprint density at radius 2 is 2.00 bits per heavy atom. The normalized spacial score (nSPS) is 15.0. The molecule has 5 heteroatoms. The first-order valence-electron chi connectivity index (χ1n) is 8.00. The van der Waals surface area contributed by atoms with Gasteiger partial charge in [-0.05, 0) is 31.4 Å². The van der Waals surface area contributed by atoms with Crippen molar-refractivity contribution < 1.29 is 9.59 Å². The fourth-order valence-electron chi connectivity index (χ4n) is 2.67. The van der Waals surface area contributed by atoms with E-state index in [0.717, 1.165) is 24.8 Å². The Hall–Kier alpha value is -1.88. The molecule has 1 aromatic rings. The van der Waals surface area contributed by atoms with Crippen LogP contribution in [0.2, 0.25) is 0 Å². The largest absolute Gasteiger partial charge is 0.337 e. The number of carbonyl (C=O) groups is 2. The number of nitrogens with two attached hydrogens (primary N) is 1. The molecule has 2 N–H and O–H groups in total. The van der Waals surface area contributed by atoms with Crippen LogP contribution in [0.1, 0.15) is 31.2 Å². The number of nitrogens with zero attached hydrogens (tertiary/aromatic N) is 2. The molecule has 0 atom stereocenters. The molecule has 120 valence electrons. The van der Waals surface area contributed by atoms with Gasteiger partial charge in [0.1, 0.15) is 0 Å². The molecular formula is C17H25N3O2. The summed E-state index contributed by atoms with van der Waals surface area (Å²) >= 11 is 0. The number of hydrogen-bond donors (Lipinski definition) is 1. The smallest absolute Gasteiger partial charge is 0.242 e. The van der Waals surface area contributed by atoms with Gasteiger partial charge in [-0.2, -0.15) is 0 Å². The summed E-state index contributed by atoms with van der Waals surface area (Å²) in [6, 6.07) is 9.91. The number of piperidine rings is 1. The van der Waals surface area contributed by atoms with Gasteiger partial charge in [0, 0.05) is 26.1 Å². The van der Waals surface area contributed by atoms with Gasteiger partial charge >= 0.3 is 0 Å². The zero-order chi connectivity index (χ0) is 15.8. The minimum Gasteiger partial charge on any atom is -0.337 e. The molecular weight excluding hydrogens is 278 g/mol. The van der Waals surface area contributed by atoms with Crippen molar-refractivity contribution in [3.8, 4) is 0 Å². The van der Waals surface area contributed by atoms with E-state index < -0.39 is 0 Å². The predicted molar refractivity (Wildman–Crippen MR) is 86.0 cm³/mol. The molecule has 0 aromatic heterocycles. The quantitative estimate of drug-likeness (QED) is 0.827. The second-order valence-electron chi connectivity index (χ2n) is 5.72. The van der Waals surface area contributed by atoms with E-state index in [0.29, 0.717) is 32.6 Å². The minimum absolute atomic E-state index is 0.00699. The average molecular weight is 303 g/mol. The lowest BCUT2D eigenvalue weighted by atomic mass is 10.1. The third kappa shape index (κ3) is 4.84. The summed E-state index contributed by atoms with van der Waals surface area (Å²) in [6.45, 7) is 2.64. The maximum absolute atomic E-state index is 12.6. The van der Waals surface area contributed by atoms with Gasteiger partial charge in [-0.25, -0.2) is 0 Å². The van der Waals surface area contributed by atoms with Crippen LogP contribution in [-0.2, 0) is 16.1 Å². The molecule has 1 saturated heterocycles. The lowest BCUT2D eigenvalue weighted by molar-refractivity contribution is -0.142.